The molecule has 3 amide bonds. The molecule has 3 aromatic rings. The second-order valence-electron chi connectivity index (χ2n) is 11.0. The average Bonchev–Trinajstić information content (AvgIpc) is 3.05. The zero-order chi connectivity index (χ0) is 28.9. The number of fused-ring (bicyclic) bond motifs is 2. The Morgan fingerprint density at radius 3 is 2.35 bits per heavy atom. The van der Waals surface area contributed by atoms with Crippen LogP contribution >= 0.6 is 11.6 Å². The maximum atomic E-state index is 13.7. The lowest BCUT2D eigenvalue weighted by Gasteiger charge is -2.31. The molecule has 0 radical (unpaired) electrons. The number of anilines is 3. The third-order valence-corrected chi connectivity index (χ3v) is 7.72. The van der Waals surface area contributed by atoms with E-state index < -0.39 is 0 Å². The molecule has 0 atom stereocenters. The van der Waals surface area contributed by atoms with Crippen molar-refractivity contribution in [3.05, 3.63) is 88.4 Å². The van der Waals surface area contributed by atoms with Gasteiger partial charge in [0.05, 0.1) is 29.0 Å². The maximum absolute atomic E-state index is 13.7. The molecule has 0 saturated heterocycles. The predicted molar refractivity (Wildman–Crippen MR) is 162 cm³/mol. The number of hydrogen-bond acceptors (Lipinski definition) is 3. The molecule has 0 aromatic heterocycles. The summed E-state index contributed by atoms with van der Waals surface area (Å²) < 4.78 is 0. The molecule has 40 heavy (non-hydrogen) atoms. The van der Waals surface area contributed by atoms with Crippen LogP contribution in [0.2, 0.25) is 5.02 Å². The van der Waals surface area contributed by atoms with E-state index in [0.29, 0.717) is 34.2 Å². The standard InChI is InChI=1S/C33H38ClN3O3/c1-5-19-33(3,4)32(40)36(6-2)20-9-10-23-13-15-24(16-14-23)21-30(38)37-28-18-17-25(34)22-26(28)31(39)35-27-11-7-8-12-29(27)37/h7-8,11-18,22H,5-6,9-10,19-21H2,1-4H3,(H,35,39). The number of aryl methyl sites for hydroxylation is 1. The molecule has 4 rings (SSSR count). The first kappa shape index (κ1) is 29.3. The minimum atomic E-state index is -0.330. The highest BCUT2D eigenvalue weighted by molar-refractivity contribution is 6.31. The van der Waals surface area contributed by atoms with Crippen LogP contribution in [0.25, 0.3) is 0 Å². The van der Waals surface area contributed by atoms with Gasteiger partial charge in [-0.25, -0.2) is 0 Å². The molecule has 1 heterocycles. The molecule has 0 bridgehead atoms. The molecular weight excluding hydrogens is 522 g/mol. The lowest BCUT2D eigenvalue weighted by Crippen LogP contribution is -2.41. The van der Waals surface area contributed by atoms with Gasteiger partial charge >= 0.3 is 0 Å². The van der Waals surface area contributed by atoms with Crippen LogP contribution in [0.5, 0.6) is 0 Å². The monoisotopic (exact) mass is 559 g/mol. The number of benzene rings is 3. The van der Waals surface area contributed by atoms with E-state index in [0.717, 1.165) is 37.8 Å². The van der Waals surface area contributed by atoms with Gasteiger partial charge < -0.3 is 10.2 Å². The quantitative estimate of drug-likeness (QED) is 0.281. The Morgan fingerprint density at radius 2 is 1.65 bits per heavy atom. The van der Waals surface area contributed by atoms with Crippen LogP contribution in [-0.2, 0) is 22.4 Å². The van der Waals surface area contributed by atoms with Gasteiger partial charge in [0, 0.05) is 23.5 Å². The predicted octanol–water partition coefficient (Wildman–Crippen LogP) is 7.42. The number of carbonyl (C=O) groups excluding carboxylic acids is 3. The normalized spacial score (nSPS) is 12.7. The topological polar surface area (TPSA) is 69.7 Å². The van der Waals surface area contributed by atoms with Gasteiger partial charge in [0.1, 0.15) is 0 Å². The molecule has 3 aromatic carbocycles. The fourth-order valence-corrected chi connectivity index (χ4v) is 5.53. The van der Waals surface area contributed by atoms with Gasteiger partial charge in [-0.3, -0.25) is 19.3 Å². The average molecular weight is 560 g/mol. The van der Waals surface area contributed by atoms with Crippen LogP contribution in [-0.4, -0.2) is 35.7 Å². The highest BCUT2D eigenvalue weighted by Crippen LogP contribution is 2.39. The zero-order valence-electron chi connectivity index (χ0n) is 23.8. The Balaban J connectivity index is 1.44. The molecule has 7 heteroatoms. The second kappa shape index (κ2) is 12.7. The van der Waals surface area contributed by atoms with Crippen LogP contribution in [0.1, 0.15) is 68.4 Å². The number of carbonyl (C=O) groups is 3. The van der Waals surface area contributed by atoms with Gasteiger partial charge in [-0.1, -0.05) is 75.2 Å². The van der Waals surface area contributed by atoms with Gasteiger partial charge in [-0.15, -0.1) is 0 Å². The van der Waals surface area contributed by atoms with Crippen molar-refractivity contribution in [3.8, 4) is 0 Å². The smallest absolute Gasteiger partial charge is 0.257 e. The number of rotatable bonds is 10. The largest absolute Gasteiger partial charge is 0.343 e. The molecule has 0 unspecified atom stereocenters. The third-order valence-electron chi connectivity index (χ3n) is 7.48. The molecule has 0 fully saturated rings. The van der Waals surface area contributed by atoms with Crippen LogP contribution in [0.3, 0.4) is 0 Å². The van der Waals surface area contributed by atoms with Crippen molar-refractivity contribution in [3.63, 3.8) is 0 Å². The molecule has 1 aliphatic heterocycles. The van der Waals surface area contributed by atoms with E-state index in [2.05, 4.69) is 24.4 Å². The van der Waals surface area contributed by atoms with Crippen molar-refractivity contribution in [2.24, 2.45) is 5.41 Å². The van der Waals surface area contributed by atoms with Crippen LogP contribution in [0.4, 0.5) is 17.1 Å². The van der Waals surface area contributed by atoms with Gasteiger partial charge in [-0.05, 0) is 67.6 Å². The van der Waals surface area contributed by atoms with Crippen LogP contribution in [0, 0.1) is 5.41 Å². The van der Waals surface area contributed by atoms with E-state index >= 15 is 0 Å². The minimum absolute atomic E-state index is 0.146. The summed E-state index contributed by atoms with van der Waals surface area (Å²) in [6.07, 6.45) is 3.79. The van der Waals surface area contributed by atoms with Crippen LogP contribution < -0.4 is 10.2 Å². The fraction of sp³-hybridized carbons (Fsp3) is 0.364. The summed E-state index contributed by atoms with van der Waals surface area (Å²) in [5.74, 6) is -0.226. The Labute approximate surface area is 242 Å². The fourth-order valence-electron chi connectivity index (χ4n) is 5.36. The number of para-hydroxylation sites is 2. The van der Waals surface area contributed by atoms with Crippen molar-refractivity contribution in [2.45, 2.75) is 59.8 Å². The molecule has 0 saturated carbocycles. The number of halogens is 1. The SMILES string of the molecule is CCCC(C)(C)C(=O)N(CC)CCCc1ccc(CC(=O)N2c3ccccc3NC(=O)c3cc(Cl)ccc32)cc1. The lowest BCUT2D eigenvalue weighted by molar-refractivity contribution is -0.140. The molecule has 0 aliphatic carbocycles. The summed E-state index contributed by atoms with van der Waals surface area (Å²) in [5.41, 5.74) is 3.77. The number of amides is 3. The summed E-state index contributed by atoms with van der Waals surface area (Å²) in [6.45, 7) is 9.66. The van der Waals surface area contributed by atoms with Gasteiger partial charge in [0.25, 0.3) is 5.91 Å². The molecule has 6 nitrogen and oxygen atoms in total. The Kier molecular flexibility index (Phi) is 9.31. The number of nitrogens with one attached hydrogen (secondary N) is 1. The van der Waals surface area contributed by atoms with E-state index in [1.807, 2.05) is 56.0 Å². The lowest BCUT2D eigenvalue weighted by atomic mass is 9.86. The van der Waals surface area contributed by atoms with Gasteiger partial charge in [0.15, 0.2) is 0 Å². The van der Waals surface area contributed by atoms with Crippen molar-refractivity contribution in [1.29, 1.82) is 0 Å². The first-order valence-corrected chi connectivity index (χ1v) is 14.4. The zero-order valence-corrected chi connectivity index (χ0v) is 24.6. The Bertz CT molecular complexity index is 1380. The minimum Gasteiger partial charge on any atom is -0.343 e. The summed E-state index contributed by atoms with van der Waals surface area (Å²) in [6, 6.07) is 20.3. The first-order valence-electron chi connectivity index (χ1n) is 14.0. The van der Waals surface area contributed by atoms with Crippen molar-refractivity contribution < 1.29 is 14.4 Å². The molecular formula is C33H38ClN3O3. The highest BCUT2D eigenvalue weighted by atomic mass is 35.5. The number of hydrogen-bond donors (Lipinski definition) is 1. The van der Waals surface area contributed by atoms with Gasteiger partial charge in [-0.2, -0.15) is 0 Å². The highest BCUT2D eigenvalue weighted by Gasteiger charge is 2.31. The van der Waals surface area contributed by atoms with E-state index in [4.69, 9.17) is 11.6 Å². The van der Waals surface area contributed by atoms with Crippen molar-refractivity contribution in [2.75, 3.05) is 23.3 Å². The third kappa shape index (κ3) is 6.56. The van der Waals surface area contributed by atoms with Crippen molar-refractivity contribution in [1.82, 2.24) is 4.90 Å². The summed E-state index contributed by atoms with van der Waals surface area (Å²) in [5, 5.41) is 3.33. The van der Waals surface area contributed by atoms with E-state index in [1.165, 1.54) is 5.56 Å². The maximum Gasteiger partial charge on any atom is 0.257 e. The molecule has 0 spiro atoms. The summed E-state index contributed by atoms with van der Waals surface area (Å²) in [7, 11) is 0. The molecule has 1 aliphatic rings. The van der Waals surface area contributed by atoms with Gasteiger partial charge in [0.2, 0.25) is 11.8 Å². The van der Waals surface area contributed by atoms with E-state index in [-0.39, 0.29) is 29.6 Å². The van der Waals surface area contributed by atoms with E-state index in [9.17, 15) is 14.4 Å². The Morgan fingerprint density at radius 1 is 0.950 bits per heavy atom. The molecule has 210 valence electrons. The first-order chi connectivity index (χ1) is 19.1. The van der Waals surface area contributed by atoms with Crippen molar-refractivity contribution >= 4 is 46.4 Å². The van der Waals surface area contributed by atoms with E-state index in [1.54, 1.807) is 29.2 Å². The second-order valence-corrected chi connectivity index (χ2v) is 11.4. The Hall–Kier alpha value is -3.64. The number of nitrogens with zero attached hydrogens (tertiary/aromatic N) is 2. The summed E-state index contributed by atoms with van der Waals surface area (Å²) in [4.78, 5) is 43.2. The summed E-state index contributed by atoms with van der Waals surface area (Å²) >= 11 is 6.19. The van der Waals surface area contributed by atoms with Crippen LogP contribution in [0.15, 0.2) is 66.7 Å². The molecule has 1 N–H and O–H groups in total.